The molecule has 2 heterocycles. The molecule has 5 N–H and O–H groups in total. The highest BCUT2D eigenvalue weighted by Crippen LogP contribution is 2.40. The summed E-state index contributed by atoms with van der Waals surface area (Å²) < 4.78 is 0. The summed E-state index contributed by atoms with van der Waals surface area (Å²) in [5.41, 5.74) is 7.49. The van der Waals surface area contributed by atoms with Gasteiger partial charge in [-0.1, -0.05) is 44.2 Å². The van der Waals surface area contributed by atoms with E-state index in [2.05, 4.69) is 10.6 Å². The Kier molecular flexibility index (Phi) is 7.25. The Balaban J connectivity index is 1.70. The van der Waals surface area contributed by atoms with Crippen molar-refractivity contribution in [2.45, 2.75) is 50.7 Å². The van der Waals surface area contributed by atoms with Gasteiger partial charge in [-0.3, -0.25) is 19.3 Å². The van der Waals surface area contributed by atoms with E-state index >= 15 is 0 Å². The predicted molar refractivity (Wildman–Crippen MR) is 120 cm³/mol. The van der Waals surface area contributed by atoms with Gasteiger partial charge in [-0.05, 0) is 30.4 Å². The van der Waals surface area contributed by atoms with Crippen LogP contribution in [0.15, 0.2) is 41.6 Å². The van der Waals surface area contributed by atoms with Crippen molar-refractivity contribution in [3.05, 3.63) is 47.2 Å². The van der Waals surface area contributed by atoms with Crippen LogP contribution in [0.4, 0.5) is 0 Å². The lowest BCUT2D eigenvalue weighted by atomic mass is 10.00. The number of hydrogen-bond donors (Lipinski definition) is 4. The molecule has 0 aromatic heterocycles. The zero-order valence-electron chi connectivity index (χ0n) is 18.2. The molecule has 172 valence electrons. The van der Waals surface area contributed by atoms with E-state index in [1.165, 1.54) is 16.7 Å². The smallest absolute Gasteiger partial charge is 0.326 e. The van der Waals surface area contributed by atoms with Crippen LogP contribution in [0.5, 0.6) is 0 Å². The molecule has 1 aromatic rings. The second kappa shape index (κ2) is 9.74. The van der Waals surface area contributed by atoms with Gasteiger partial charge < -0.3 is 21.5 Å². The van der Waals surface area contributed by atoms with Crippen molar-refractivity contribution in [3.63, 3.8) is 0 Å². The van der Waals surface area contributed by atoms with E-state index in [4.69, 9.17) is 5.73 Å². The molecule has 1 aromatic carbocycles. The minimum Gasteiger partial charge on any atom is -0.480 e. The largest absolute Gasteiger partial charge is 0.480 e. The number of thioether (sulfide) groups is 1. The van der Waals surface area contributed by atoms with Gasteiger partial charge in [0.2, 0.25) is 5.91 Å². The fourth-order valence-electron chi connectivity index (χ4n) is 3.77. The summed E-state index contributed by atoms with van der Waals surface area (Å²) in [4.78, 5) is 51.3. The topological polar surface area (TPSA) is 142 Å². The average molecular weight is 461 g/mol. The number of nitrogens with one attached hydrogen (secondary N) is 2. The average Bonchev–Trinajstić information content (AvgIpc) is 2.76. The molecule has 1 fully saturated rings. The monoisotopic (exact) mass is 460 g/mol. The first-order valence-electron chi connectivity index (χ1n) is 10.4. The standard InChI is InChI=1S/C22H28N4O5S/c1-11(2)9-14(22(30)31)24-19(28)17-12(3)10-32-21-16(20(29)26(17)21)25-18(27)15(23)13-7-5-4-6-8-13/h4-8,11,14-16,21H,9-10,23H2,1-3H3,(H,24,28)(H,25,27)(H,30,31)/t14-,15-,16+,21+/m0/s1. The number of carbonyl (C=O) groups excluding carboxylic acids is 3. The predicted octanol–water partition coefficient (Wildman–Crippen LogP) is 0.976. The van der Waals surface area contributed by atoms with Crippen LogP contribution in [0.3, 0.4) is 0 Å². The summed E-state index contributed by atoms with van der Waals surface area (Å²) in [6.07, 6.45) is 0.273. The van der Waals surface area contributed by atoms with Crippen LogP contribution in [-0.4, -0.2) is 56.9 Å². The number of nitrogens with zero attached hydrogens (tertiary/aromatic N) is 1. The molecule has 0 radical (unpaired) electrons. The highest BCUT2D eigenvalue weighted by atomic mass is 32.2. The summed E-state index contributed by atoms with van der Waals surface area (Å²) in [5, 5.41) is 14.2. The summed E-state index contributed by atoms with van der Waals surface area (Å²) in [5.74, 6) is -2.07. The summed E-state index contributed by atoms with van der Waals surface area (Å²) in [7, 11) is 0. The Morgan fingerprint density at radius 1 is 1.25 bits per heavy atom. The summed E-state index contributed by atoms with van der Waals surface area (Å²) >= 11 is 1.43. The van der Waals surface area contributed by atoms with Crippen LogP contribution >= 0.6 is 11.8 Å². The molecule has 3 amide bonds. The Hall–Kier alpha value is -2.85. The molecule has 0 unspecified atom stereocenters. The van der Waals surface area contributed by atoms with Gasteiger partial charge >= 0.3 is 5.97 Å². The number of benzene rings is 1. The second-order valence-corrected chi connectivity index (χ2v) is 9.51. The number of carbonyl (C=O) groups is 4. The van der Waals surface area contributed by atoms with Crippen LogP contribution in [0.2, 0.25) is 0 Å². The molecule has 10 heteroatoms. The molecule has 3 rings (SSSR count). The minimum atomic E-state index is -1.12. The van der Waals surface area contributed by atoms with Gasteiger partial charge in [0.25, 0.3) is 11.8 Å². The number of nitrogens with two attached hydrogens (primary N) is 1. The first-order chi connectivity index (χ1) is 15.1. The van der Waals surface area contributed by atoms with E-state index in [0.717, 1.165) is 0 Å². The minimum absolute atomic E-state index is 0.0696. The molecule has 1 saturated heterocycles. The third-order valence-electron chi connectivity index (χ3n) is 5.42. The summed E-state index contributed by atoms with van der Waals surface area (Å²) in [6.45, 7) is 5.47. The number of carboxylic acid groups (broad SMARTS) is 1. The maximum atomic E-state index is 12.9. The second-order valence-electron chi connectivity index (χ2n) is 8.41. The lowest BCUT2D eigenvalue weighted by Crippen LogP contribution is -2.71. The quantitative estimate of drug-likeness (QED) is 0.424. The normalized spacial score (nSPS) is 22.0. The number of carboxylic acids is 1. The molecule has 4 atom stereocenters. The third kappa shape index (κ3) is 4.81. The molecule has 0 spiro atoms. The Morgan fingerprint density at radius 3 is 2.50 bits per heavy atom. The molecule has 0 saturated carbocycles. The van der Waals surface area contributed by atoms with Gasteiger partial charge in [-0.2, -0.15) is 0 Å². The first-order valence-corrected chi connectivity index (χ1v) is 11.5. The summed E-state index contributed by atoms with van der Waals surface area (Å²) in [6, 6.07) is 6.07. The van der Waals surface area contributed by atoms with E-state index in [-0.39, 0.29) is 18.0 Å². The van der Waals surface area contributed by atoms with Crippen molar-refractivity contribution in [3.8, 4) is 0 Å². The number of hydrogen-bond acceptors (Lipinski definition) is 6. The number of aliphatic carboxylic acids is 1. The van der Waals surface area contributed by atoms with E-state index in [0.29, 0.717) is 16.9 Å². The molecular formula is C22H28N4O5S. The van der Waals surface area contributed by atoms with Gasteiger partial charge in [0.15, 0.2) is 0 Å². The van der Waals surface area contributed by atoms with Crippen molar-refractivity contribution >= 4 is 35.5 Å². The molecule has 0 bridgehead atoms. The van der Waals surface area contributed by atoms with Gasteiger partial charge in [-0.15, -0.1) is 11.8 Å². The van der Waals surface area contributed by atoms with E-state index < -0.39 is 47.2 Å². The fourth-order valence-corrected chi connectivity index (χ4v) is 5.06. The number of β-lactam (4-membered cyclic amide) rings is 1. The number of rotatable bonds is 8. The highest BCUT2D eigenvalue weighted by Gasteiger charge is 2.54. The molecule has 32 heavy (non-hydrogen) atoms. The Morgan fingerprint density at radius 2 is 1.91 bits per heavy atom. The Bertz CT molecular complexity index is 949. The molecule has 0 aliphatic carbocycles. The van der Waals surface area contributed by atoms with Crippen molar-refractivity contribution < 1.29 is 24.3 Å². The molecule has 2 aliphatic heterocycles. The van der Waals surface area contributed by atoms with Gasteiger partial charge in [0, 0.05) is 5.75 Å². The van der Waals surface area contributed by atoms with Gasteiger partial charge in [-0.25, -0.2) is 4.79 Å². The van der Waals surface area contributed by atoms with Gasteiger partial charge in [0.05, 0.1) is 0 Å². The third-order valence-corrected chi connectivity index (χ3v) is 6.85. The van der Waals surface area contributed by atoms with Crippen LogP contribution in [0, 0.1) is 5.92 Å². The lowest BCUT2D eigenvalue weighted by Gasteiger charge is -2.50. The van der Waals surface area contributed by atoms with Gasteiger partial charge in [0.1, 0.15) is 29.2 Å². The molecular weight excluding hydrogens is 432 g/mol. The van der Waals surface area contributed by atoms with Crippen molar-refractivity contribution in [1.29, 1.82) is 0 Å². The first kappa shape index (κ1) is 23.8. The van der Waals surface area contributed by atoms with E-state index in [9.17, 15) is 24.3 Å². The highest BCUT2D eigenvalue weighted by molar-refractivity contribution is 8.00. The number of amides is 3. The van der Waals surface area contributed by atoms with Crippen molar-refractivity contribution in [1.82, 2.24) is 15.5 Å². The number of fused-ring (bicyclic) bond motifs is 1. The zero-order chi connectivity index (χ0) is 23.6. The van der Waals surface area contributed by atoms with Crippen molar-refractivity contribution in [2.75, 3.05) is 5.75 Å². The maximum Gasteiger partial charge on any atom is 0.326 e. The maximum absolute atomic E-state index is 12.9. The van der Waals surface area contributed by atoms with Crippen LogP contribution in [-0.2, 0) is 19.2 Å². The zero-order valence-corrected chi connectivity index (χ0v) is 19.0. The van der Waals surface area contributed by atoms with Crippen LogP contribution in [0.1, 0.15) is 38.8 Å². The molecule has 2 aliphatic rings. The Labute approximate surface area is 190 Å². The van der Waals surface area contributed by atoms with Crippen molar-refractivity contribution in [2.24, 2.45) is 11.7 Å². The van der Waals surface area contributed by atoms with E-state index in [1.54, 1.807) is 31.2 Å². The molecule has 9 nitrogen and oxygen atoms in total. The van der Waals surface area contributed by atoms with E-state index in [1.807, 2.05) is 19.9 Å². The van der Waals surface area contributed by atoms with Crippen LogP contribution in [0.25, 0.3) is 0 Å². The fraction of sp³-hybridized carbons (Fsp3) is 0.455. The van der Waals surface area contributed by atoms with Crippen LogP contribution < -0.4 is 16.4 Å². The lowest BCUT2D eigenvalue weighted by molar-refractivity contribution is -0.148. The SMILES string of the molecule is CC1=C(C(=O)N[C@@H](CC(C)C)C(=O)O)N2C(=O)[C@@H](NC(=O)[C@@H](N)c3ccccc3)[C@H]2SC1.